The van der Waals surface area contributed by atoms with Crippen LogP contribution in [0.15, 0.2) is 132 Å². The number of benzene rings is 4. The van der Waals surface area contributed by atoms with Crippen molar-refractivity contribution in [1.29, 1.82) is 0 Å². The monoisotopic (exact) mass is 841 g/mol. The van der Waals surface area contributed by atoms with Crippen molar-refractivity contribution in [3.8, 4) is 11.4 Å². The molecule has 0 spiro atoms. The average Bonchev–Trinajstić information content (AvgIpc) is 4.07. The highest BCUT2D eigenvalue weighted by Gasteiger charge is 2.22. The number of anilines is 3. The number of aromatic nitrogens is 4. The molecule has 2 aliphatic rings. The minimum absolute atomic E-state index is 0.127. The number of hydrogen-bond acceptors (Lipinski definition) is 12. The first-order valence-corrected chi connectivity index (χ1v) is 20.2. The van der Waals surface area contributed by atoms with Gasteiger partial charge in [0.05, 0.1) is 57.7 Å². The minimum atomic E-state index is -0.496. The van der Waals surface area contributed by atoms with Gasteiger partial charge >= 0.3 is 0 Å². The maximum Gasteiger partial charge on any atom is 0.292 e. The summed E-state index contributed by atoms with van der Waals surface area (Å²) < 4.78 is 10.3. The normalized spacial score (nSPS) is 12.1. The molecule has 9 rings (SSSR count). The number of pyridine rings is 2. The van der Waals surface area contributed by atoms with Crippen LogP contribution in [0.25, 0.3) is 27.3 Å². The Kier molecular flexibility index (Phi) is 13.9. The van der Waals surface area contributed by atoms with Gasteiger partial charge < -0.3 is 34.8 Å². The molecule has 7 aromatic rings. The Hall–Kier alpha value is -7.80. The number of nitro benzene ring substituents is 1. The third-order valence-corrected chi connectivity index (χ3v) is 10.5. The van der Waals surface area contributed by atoms with Crippen molar-refractivity contribution in [3.63, 3.8) is 0 Å². The van der Waals surface area contributed by atoms with E-state index < -0.39 is 4.92 Å². The highest BCUT2D eigenvalue weighted by Crippen LogP contribution is 2.35. The zero-order valence-electron chi connectivity index (χ0n) is 35.5. The second-order valence-electron chi connectivity index (χ2n) is 14.8. The lowest BCUT2D eigenvalue weighted by atomic mass is 9.99. The number of nitrogen functional groups attached to an aromatic ring is 1. The molecule has 0 atom stereocenters. The number of aliphatic imine (C=N–C) groups is 2. The molecule has 0 amide bonds. The van der Waals surface area contributed by atoms with E-state index in [1.54, 1.807) is 44.7 Å². The summed E-state index contributed by atoms with van der Waals surface area (Å²) in [5.74, 6) is 1.02. The van der Waals surface area contributed by atoms with E-state index in [-0.39, 0.29) is 11.4 Å². The largest absolute Gasteiger partial charge is 0.393 e. The van der Waals surface area contributed by atoms with E-state index >= 15 is 0 Å². The van der Waals surface area contributed by atoms with Crippen LogP contribution in [-0.2, 0) is 22.3 Å². The molecule has 2 aliphatic heterocycles. The van der Waals surface area contributed by atoms with Gasteiger partial charge in [0.15, 0.2) is 0 Å². The summed E-state index contributed by atoms with van der Waals surface area (Å²) in [6, 6.07) is 34.7. The number of ether oxygens (including phenoxy) is 2. The van der Waals surface area contributed by atoms with Gasteiger partial charge in [-0.3, -0.25) is 25.1 Å². The summed E-state index contributed by atoms with van der Waals surface area (Å²) in [5.41, 5.74) is 19.1. The van der Waals surface area contributed by atoms with Crippen LogP contribution in [0.4, 0.5) is 39.9 Å². The minimum Gasteiger partial charge on any atom is -0.393 e. The SMILES string of the molecule is COCCN(C)c1ccc2c(c1)CC(c1ccc3c(c1)CC(c1ccccn1)=N3)=N2.COCCN(C)c1ccc2nc(-c3ccc(N)c([N+](=O)[O-])c3)[nH]c2c1.[C-]#[N+]c1ccccn1. The van der Waals surface area contributed by atoms with Crippen LogP contribution >= 0.6 is 0 Å². The summed E-state index contributed by atoms with van der Waals surface area (Å²) in [6.45, 7) is 9.50. The highest BCUT2D eigenvalue weighted by atomic mass is 16.6. The number of H-pyrrole nitrogens is 1. The van der Waals surface area contributed by atoms with Crippen molar-refractivity contribution in [3.05, 3.63) is 166 Å². The first-order chi connectivity index (χ1) is 30.6. The van der Waals surface area contributed by atoms with Gasteiger partial charge in [-0.15, -0.1) is 4.98 Å². The molecule has 3 N–H and O–H groups in total. The van der Waals surface area contributed by atoms with Gasteiger partial charge in [0.25, 0.3) is 11.5 Å². The van der Waals surface area contributed by atoms with E-state index in [0.717, 1.165) is 71.1 Å². The number of fused-ring (bicyclic) bond motifs is 3. The number of nitrogens with two attached hydrogens (primary N) is 1. The Bertz CT molecular complexity index is 2820. The number of imidazole rings is 1. The Morgan fingerprint density at radius 3 is 2.05 bits per heavy atom. The predicted molar refractivity (Wildman–Crippen MR) is 250 cm³/mol. The molecule has 5 heterocycles. The molecule has 0 saturated heterocycles. The van der Waals surface area contributed by atoms with Crippen LogP contribution in [0.3, 0.4) is 0 Å². The van der Waals surface area contributed by atoms with Gasteiger partial charge in [0.2, 0.25) is 0 Å². The van der Waals surface area contributed by atoms with Crippen LogP contribution in [0.5, 0.6) is 0 Å². The molecule has 63 heavy (non-hydrogen) atoms. The van der Waals surface area contributed by atoms with Crippen molar-refractivity contribution in [2.75, 3.05) is 70.2 Å². The number of hydrogen-bond donors (Lipinski definition) is 2. The van der Waals surface area contributed by atoms with E-state index in [9.17, 15) is 10.1 Å². The van der Waals surface area contributed by atoms with Crippen LogP contribution in [-0.4, -0.2) is 90.9 Å². The number of nitrogens with zero attached hydrogens (tertiary/aromatic N) is 9. The molecule has 3 aromatic heterocycles. The molecule has 318 valence electrons. The summed E-state index contributed by atoms with van der Waals surface area (Å²) >= 11 is 0. The fraction of sp³-hybridized carbons (Fsp3) is 0.208. The number of likely N-dealkylation sites (N-methyl/N-ethyl adjacent to an activating group) is 2. The van der Waals surface area contributed by atoms with Crippen molar-refractivity contribution in [2.24, 2.45) is 9.98 Å². The number of rotatable bonds is 12. The third kappa shape index (κ3) is 10.6. The molecule has 15 nitrogen and oxygen atoms in total. The standard InChI is InChI=1S/C25H24N4O.C17H19N5O3.C6H4N2/c1-29(11-12-30-2)20-7-9-22-19(14-20)15-24(27-22)17-6-8-21-18(13-17)16-25(28-21)23-5-3-4-10-26-23;1-21(7-8-25-2)12-4-6-14-15(10-12)20-17(19-14)11-3-5-13(18)16(9-11)22(23)24;1-7-6-4-2-3-5-8-6/h3-10,13-14H,11-12,15-16H2,1-2H3;3-6,9-10H,7-8,18H2,1-2H3,(H,19,20);2-5H. The van der Waals surface area contributed by atoms with Gasteiger partial charge in [-0.2, -0.15) is 0 Å². The fourth-order valence-corrected chi connectivity index (χ4v) is 7.01. The number of nitrogens with one attached hydrogen (secondary N) is 1. The number of methoxy groups -OCH3 is 2. The zero-order chi connectivity index (χ0) is 44.3. The highest BCUT2D eigenvalue weighted by molar-refractivity contribution is 6.09. The number of aromatic amines is 1. The molecule has 0 saturated carbocycles. The van der Waals surface area contributed by atoms with Crippen LogP contribution in [0.2, 0.25) is 0 Å². The van der Waals surface area contributed by atoms with Gasteiger partial charge in [0.1, 0.15) is 17.7 Å². The Morgan fingerprint density at radius 2 is 1.40 bits per heavy atom. The van der Waals surface area contributed by atoms with Crippen LogP contribution in [0.1, 0.15) is 22.4 Å². The Balaban J connectivity index is 0.000000163. The summed E-state index contributed by atoms with van der Waals surface area (Å²) in [4.78, 5) is 43.6. The second-order valence-corrected chi connectivity index (χ2v) is 14.8. The van der Waals surface area contributed by atoms with E-state index in [2.05, 4.69) is 78.0 Å². The first kappa shape index (κ1) is 43.3. The van der Waals surface area contributed by atoms with Gasteiger partial charge in [-0.25, -0.2) is 4.98 Å². The van der Waals surface area contributed by atoms with Crippen LogP contribution in [0, 0.1) is 16.7 Å². The Labute approximate surface area is 365 Å². The fourth-order valence-electron chi connectivity index (χ4n) is 7.01. The molecule has 0 unspecified atom stereocenters. The summed E-state index contributed by atoms with van der Waals surface area (Å²) in [5, 5.41) is 11.1. The van der Waals surface area contributed by atoms with Gasteiger partial charge in [-0.05, 0) is 102 Å². The maximum atomic E-state index is 11.1. The summed E-state index contributed by atoms with van der Waals surface area (Å²) in [6.07, 6.45) is 5.09. The quantitative estimate of drug-likeness (QED) is 0.0522. The first-order valence-electron chi connectivity index (χ1n) is 20.2. The van der Waals surface area contributed by atoms with Gasteiger partial charge in [0, 0.05) is 83.4 Å². The third-order valence-electron chi connectivity index (χ3n) is 10.5. The van der Waals surface area contributed by atoms with E-state index in [1.807, 2.05) is 49.6 Å². The summed E-state index contributed by atoms with van der Waals surface area (Å²) in [7, 11) is 7.49. The van der Waals surface area contributed by atoms with E-state index in [4.69, 9.17) is 31.8 Å². The molecule has 0 fully saturated rings. The second kappa shape index (κ2) is 20.2. The molecular formula is C48H47N11O4. The molecule has 15 heteroatoms. The zero-order valence-corrected chi connectivity index (χ0v) is 35.5. The average molecular weight is 842 g/mol. The molecule has 0 radical (unpaired) electrons. The van der Waals surface area contributed by atoms with E-state index in [1.165, 1.54) is 34.5 Å². The van der Waals surface area contributed by atoms with Crippen LogP contribution < -0.4 is 15.5 Å². The molecule has 0 bridgehead atoms. The van der Waals surface area contributed by atoms with Crippen molar-refractivity contribution in [2.45, 2.75) is 12.8 Å². The predicted octanol–water partition coefficient (Wildman–Crippen LogP) is 8.95. The van der Waals surface area contributed by atoms with Crippen molar-refractivity contribution in [1.82, 2.24) is 19.9 Å². The lowest BCUT2D eigenvalue weighted by molar-refractivity contribution is -0.383. The lowest BCUT2D eigenvalue weighted by Gasteiger charge is -2.19. The van der Waals surface area contributed by atoms with Gasteiger partial charge in [-0.1, -0.05) is 24.8 Å². The molecule has 0 aliphatic carbocycles. The Morgan fingerprint density at radius 1 is 0.762 bits per heavy atom. The molecule has 4 aromatic carbocycles. The van der Waals surface area contributed by atoms with Crippen molar-refractivity contribution >= 4 is 62.4 Å². The van der Waals surface area contributed by atoms with Crippen molar-refractivity contribution < 1.29 is 14.4 Å². The molecular weight excluding hydrogens is 795 g/mol. The topological polar surface area (TPSA) is 178 Å². The smallest absolute Gasteiger partial charge is 0.292 e. The van der Waals surface area contributed by atoms with E-state index in [0.29, 0.717) is 30.4 Å². The lowest BCUT2D eigenvalue weighted by Crippen LogP contribution is -2.22. The maximum absolute atomic E-state index is 11.1. The number of nitro groups is 1.